The first-order valence-electron chi connectivity index (χ1n) is 30.2. The smallest absolute Gasteiger partial charge is 0.184 e. The third-order valence-corrected chi connectivity index (χ3v) is 17.5. The second-order valence-corrected chi connectivity index (χ2v) is 25.2. The van der Waals surface area contributed by atoms with Crippen LogP contribution in [0.25, 0.3) is 0 Å². The second kappa shape index (κ2) is 29.1. The van der Waals surface area contributed by atoms with Crippen LogP contribution in [0, 0.1) is 5.92 Å². The lowest BCUT2D eigenvalue weighted by Crippen LogP contribution is -2.65. The molecule has 10 aliphatic heterocycles. The summed E-state index contributed by atoms with van der Waals surface area (Å²) in [4.78, 5) is 0. The van der Waals surface area contributed by atoms with Gasteiger partial charge in [0, 0.05) is 37.7 Å². The molecule has 2 aliphatic carbocycles. The average molecular weight is 1260 g/mol. The zero-order valence-electron chi connectivity index (χ0n) is 49.4. The Labute approximate surface area is 503 Å². The first-order valence-corrected chi connectivity index (χ1v) is 30.2. The minimum absolute atomic E-state index is 0.186. The van der Waals surface area contributed by atoms with Crippen LogP contribution in [0.15, 0.2) is 30.3 Å². The van der Waals surface area contributed by atoms with E-state index in [1.807, 2.05) is 37.3 Å². The predicted octanol–water partition coefficient (Wildman–Crippen LogP) is -3.67. The maximum absolute atomic E-state index is 9.99. The van der Waals surface area contributed by atoms with Crippen molar-refractivity contribution in [3.05, 3.63) is 35.9 Å². The van der Waals surface area contributed by atoms with Gasteiger partial charge in [-0.1, -0.05) is 50.6 Å². The van der Waals surface area contributed by atoms with Crippen LogP contribution in [0.3, 0.4) is 0 Å². The molecule has 0 aromatic heterocycles. The molecular weight excluding hydrogens is 1160 g/mol. The minimum Gasteiger partial charge on any atom is -0.387 e. The standard InChI is InChI=1S/C13H16O6.C12H20O6.C12H22O6.C11H18O6.C9H16O6/c14-9-10(15)12(16)18-8-6-17-13(19-11(8)9)7-4-2-1-3-5-7;13-8-9(14)11(15)17-7-6-16-12(18-10(7)8)4-2-1-3-5-12;1-6(2)4-12(3)16-5-7-10(18-12)8(13)9(14)11(15)17-7;12-7-8(13)10(14)16-6-5-15-11(17-9(6)7)3-1-2-4-11;1-9(2)13-3-4-7(15-9)5(10)6(11)8(12)14-4/h1-5,8-16H,6H2;7-11,13-15H,1-6H2;6-11,13-15H,4-5H2,1-3H3;6-10,12-14H,1-5H2;4-8,10-12H,3H2,1-2H3. The van der Waals surface area contributed by atoms with Crippen LogP contribution in [0.4, 0.5) is 0 Å². The number of ether oxygens (including phenoxy) is 15. The topological polar surface area (TPSA) is 442 Å². The number of fused-ring (bicyclic) bond motifs is 5. The monoisotopic (exact) mass is 1260 g/mol. The molecule has 13 rings (SSSR count). The van der Waals surface area contributed by atoms with E-state index in [4.69, 9.17) is 71.1 Å². The summed E-state index contributed by atoms with van der Waals surface area (Å²) in [5.41, 5.74) is 0.828. The van der Waals surface area contributed by atoms with Crippen molar-refractivity contribution in [2.24, 2.45) is 5.92 Å². The van der Waals surface area contributed by atoms with Crippen molar-refractivity contribution >= 4 is 0 Å². The first kappa shape index (κ1) is 69.4. The molecule has 2 spiro atoms. The molecule has 27 atom stereocenters. The number of aliphatic hydroxyl groups excluding tert-OH is 15. The Bertz CT molecular complexity index is 2250. The Morgan fingerprint density at radius 1 is 0.379 bits per heavy atom. The molecule has 1 aromatic rings. The van der Waals surface area contributed by atoms with Gasteiger partial charge in [0.05, 0.1) is 33.0 Å². The molecule has 0 amide bonds. The van der Waals surface area contributed by atoms with Crippen LogP contribution in [-0.2, 0) is 71.1 Å². The third kappa shape index (κ3) is 16.2. The van der Waals surface area contributed by atoms with Gasteiger partial charge in [0.2, 0.25) is 0 Å². The summed E-state index contributed by atoms with van der Waals surface area (Å²) in [5.74, 6) is -2.47. The maximum atomic E-state index is 9.99. The van der Waals surface area contributed by atoms with Crippen molar-refractivity contribution in [1.82, 2.24) is 0 Å². The van der Waals surface area contributed by atoms with E-state index in [1.165, 1.54) is 6.42 Å². The molecule has 12 aliphatic rings. The zero-order valence-corrected chi connectivity index (χ0v) is 49.4. The predicted molar refractivity (Wildman–Crippen MR) is 287 cm³/mol. The van der Waals surface area contributed by atoms with Crippen LogP contribution in [-0.4, -0.2) is 286 Å². The summed E-state index contributed by atoms with van der Waals surface area (Å²) in [5, 5.41) is 144. The minimum atomic E-state index is -1.42. The van der Waals surface area contributed by atoms with Gasteiger partial charge in [-0.2, -0.15) is 0 Å². The first-order chi connectivity index (χ1) is 41.1. The van der Waals surface area contributed by atoms with Crippen LogP contribution < -0.4 is 0 Å². The summed E-state index contributed by atoms with van der Waals surface area (Å²) in [6.45, 7) is 10.6. The largest absolute Gasteiger partial charge is 0.387 e. The molecule has 10 saturated heterocycles. The summed E-state index contributed by atoms with van der Waals surface area (Å²) in [7, 11) is 0. The number of hydrogen-bond acceptors (Lipinski definition) is 30. The van der Waals surface area contributed by atoms with Gasteiger partial charge in [0.15, 0.2) is 60.9 Å². The Morgan fingerprint density at radius 3 is 1.14 bits per heavy atom. The van der Waals surface area contributed by atoms with Gasteiger partial charge in [0.25, 0.3) is 0 Å². The van der Waals surface area contributed by atoms with Crippen molar-refractivity contribution in [3.8, 4) is 0 Å². The van der Waals surface area contributed by atoms with Crippen molar-refractivity contribution < 1.29 is 148 Å². The van der Waals surface area contributed by atoms with Gasteiger partial charge in [-0.3, -0.25) is 0 Å². The van der Waals surface area contributed by atoms with E-state index in [9.17, 15) is 76.6 Å². The number of rotatable bonds is 3. The van der Waals surface area contributed by atoms with E-state index in [0.29, 0.717) is 12.3 Å². The number of hydrogen-bond donors (Lipinski definition) is 15. The highest BCUT2D eigenvalue weighted by atomic mass is 16.8. The summed E-state index contributed by atoms with van der Waals surface area (Å²) in [6.07, 6.45) is -17.0. The SMILES string of the molecule is CC(C)CC1(C)OCC2OC(O)C(O)C(O)C2O1.CC1(C)OCC2OC(O)C(O)C(O)C2O1.OC1OC2COC(c3ccccc3)OC2C(O)C1O.OC1OC2COC3(CCCC3)OC2C(O)C1O.OC1OC2COC3(CCCCC3)OC2C(O)C1O. The van der Waals surface area contributed by atoms with Gasteiger partial charge < -0.3 is 148 Å². The highest BCUT2D eigenvalue weighted by Crippen LogP contribution is 2.44. The van der Waals surface area contributed by atoms with E-state index in [2.05, 4.69) is 13.8 Å². The van der Waals surface area contributed by atoms with Gasteiger partial charge in [-0.15, -0.1) is 0 Å². The Hall–Kier alpha value is -1.98. The molecule has 30 nitrogen and oxygen atoms in total. The van der Waals surface area contributed by atoms with E-state index < -0.39 is 183 Å². The number of benzene rings is 1. The zero-order chi connectivity index (χ0) is 62.9. The van der Waals surface area contributed by atoms with Crippen molar-refractivity contribution in [2.75, 3.05) is 33.0 Å². The molecule has 0 bridgehead atoms. The lowest BCUT2D eigenvalue weighted by Gasteiger charge is -2.50. The van der Waals surface area contributed by atoms with Gasteiger partial charge >= 0.3 is 0 Å². The summed E-state index contributed by atoms with van der Waals surface area (Å²) >= 11 is 0. The molecule has 2 saturated carbocycles. The maximum Gasteiger partial charge on any atom is 0.184 e. The molecule has 1 aromatic carbocycles. The fourth-order valence-electron chi connectivity index (χ4n) is 12.8. The normalized spacial score (nSPS) is 47.6. The van der Waals surface area contributed by atoms with Gasteiger partial charge in [-0.25, -0.2) is 0 Å². The van der Waals surface area contributed by atoms with Crippen molar-refractivity contribution in [3.63, 3.8) is 0 Å². The van der Waals surface area contributed by atoms with E-state index in [0.717, 1.165) is 56.9 Å². The molecule has 0 radical (unpaired) electrons. The lowest BCUT2D eigenvalue weighted by molar-refractivity contribution is -0.391. The molecule has 87 heavy (non-hydrogen) atoms. The molecule has 15 N–H and O–H groups in total. The molecule has 10 heterocycles. The van der Waals surface area contributed by atoms with E-state index >= 15 is 0 Å². The highest BCUT2D eigenvalue weighted by molar-refractivity contribution is 5.17. The quantitative estimate of drug-likeness (QED) is 0.139. The Balaban J connectivity index is 0.000000130. The summed E-state index contributed by atoms with van der Waals surface area (Å²) < 4.78 is 82.2. The molecule has 12 fully saturated rings. The fraction of sp³-hybridized carbons (Fsp3) is 0.895. The van der Waals surface area contributed by atoms with Gasteiger partial charge in [-0.05, 0) is 52.4 Å². The third-order valence-electron chi connectivity index (χ3n) is 17.5. The molecular formula is C57H92O30. The molecule has 27 unspecified atom stereocenters. The fourth-order valence-corrected chi connectivity index (χ4v) is 12.8. The van der Waals surface area contributed by atoms with Crippen LogP contribution in [0.2, 0.25) is 0 Å². The van der Waals surface area contributed by atoms with Gasteiger partial charge in [0.1, 0.15) is 122 Å². The molecule has 30 heteroatoms. The Morgan fingerprint density at radius 2 is 0.724 bits per heavy atom. The highest BCUT2D eigenvalue weighted by Gasteiger charge is 2.56. The van der Waals surface area contributed by atoms with E-state index in [1.54, 1.807) is 13.8 Å². The second-order valence-electron chi connectivity index (χ2n) is 25.2. The van der Waals surface area contributed by atoms with Crippen LogP contribution >= 0.6 is 0 Å². The van der Waals surface area contributed by atoms with Crippen LogP contribution in [0.5, 0.6) is 0 Å². The van der Waals surface area contributed by atoms with Crippen molar-refractivity contribution in [1.29, 1.82) is 0 Å². The van der Waals surface area contributed by atoms with Crippen LogP contribution in [0.1, 0.15) is 111 Å². The molecule has 500 valence electrons. The average Bonchev–Trinajstić information content (AvgIpc) is 3.99. The number of aliphatic hydroxyl groups is 15. The Kier molecular flexibility index (Phi) is 23.2. The summed E-state index contributed by atoms with van der Waals surface area (Å²) in [6, 6.07) is 9.31. The van der Waals surface area contributed by atoms with Crippen molar-refractivity contribution in [2.45, 2.75) is 282 Å². The lowest BCUT2D eigenvalue weighted by atomic mass is 9.90. The van der Waals surface area contributed by atoms with E-state index in [-0.39, 0.29) is 33.0 Å².